The Balaban J connectivity index is 3.23. The highest BCUT2D eigenvalue weighted by Crippen LogP contribution is 2.35. The van der Waals surface area contributed by atoms with E-state index in [0.717, 1.165) is 10.4 Å². The average molecular weight is 334 g/mol. The van der Waals surface area contributed by atoms with E-state index in [-0.39, 0.29) is 22.4 Å². The van der Waals surface area contributed by atoms with Gasteiger partial charge in [0.2, 0.25) is 10.0 Å². The molecule has 21 heavy (non-hydrogen) atoms. The fraction of sp³-hybridized carbons (Fsp3) is 0.500. The van der Waals surface area contributed by atoms with Gasteiger partial charge in [-0.3, -0.25) is 10.1 Å². The highest BCUT2D eigenvalue weighted by molar-refractivity contribution is 8.00. The van der Waals surface area contributed by atoms with Crippen molar-refractivity contribution in [3.8, 4) is 0 Å². The summed E-state index contributed by atoms with van der Waals surface area (Å²) < 4.78 is 25.0. The van der Waals surface area contributed by atoms with Gasteiger partial charge in [0.25, 0.3) is 5.69 Å². The van der Waals surface area contributed by atoms with Crippen molar-refractivity contribution in [2.75, 3.05) is 20.7 Å². The molecule has 1 unspecified atom stereocenters. The number of thioether (sulfide) groups is 1. The molecule has 118 valence electrons. The minimum Gasteiger partial charge on any atom is -0.396 e. The summed E-state index contributed by atoms with van der Waals surface area (Å²) in [5.74, 6) is 0. The Morgan fingerprint density at radius 1 is 1.43 bits per heavy atom. The molecule has 1 N–H and O–H groups in total. The van der Waals surface area contributed by atoms with E-state index in [0.29, 0.717) is 11.3 Å². The second-order valence-corrected chi connectivity index (χ2v) is 8.25. The zero-order valence-electron chi connectivity index (χ0n) is 12.0. The molecule has 9 heteroatoms. The molecule has 0 spiro atoms. The van der Waals surface area contributed by atoms with Crippen LogP contribution in [0.25, 0.3) is 0 Å². The highest BCUT2D eigenvalue weighted by Gasteiger charge is 2.24. The van der Waals surface area contributed by atoms with Crippen molar-refractivity contribution in [1.29, 1.82) is 0 Å². The standard InChI is InChI=1S/C12H18N2O5S2/c1-9(6-7-15)20-12-5-4-10(8-11(12)14(16)17)21(18,19)13(2)3/h4-5,8-9,15H,6-7H2,1-3H3. The molecule has 0 radical (unpaired) electrons. The first-order chi connectivity index (χ1) is 9.70. The summed E-state index contributed by atoms with van der Waals surface area (Å²) in [6, 6.07) is 3.87. The SMILES string of the molecule is CC(CCO)Sc1ccc(S(=O)(=O)N(C)C)cc1[N+](=O)[O-]. The van der Waals surface area contributed by atoms with Crippen molar-refractivity contribution < 1.29 is 18.4 Å². The lowest BCUT2D eigenvalue weighted by Gasteiger charge is -2.13. The molecule has 0 fully saturated rings. The number of benzene rings is 1. The topological polar surface area (TPSA) is 101 Å². The molecule has 1 atom stereocenters. The first kappa shape index (κ1) is 17.9. The van der Waals surface area contributed by atoms with Gasteiger partial charge in [0, 0.05) is 32.0 Å². The zero-order chi connectivity index (χ0) is 16.2. The lowest BCUT2D eigenvalue weighted by Crippen LogP contribution is -2.22. The third-order valence-corrected chi connectivity index (χ3v) is 5.82. The Hall–Kier alpha value is -1.16. The van der Waals surface area contributed by atoms with Gasteiger partial charge in [-0.05, 0) is 18.6 Å². The largest absolute Gasteiger partial charge is 0.396 e. The molecule has 0 aliphatic carbocycles. The molecule has 0 saturated heterocycles. The molecule has 0 amide bonds. The maximum atomic E-state index is 12.0. The number of nitro groups is 1. The summed E-state index contributed by atoms with van der Waals surface area (Å²) in [4.78, 5) is 10.8. The van der Waals surface area contributed by atoms with Crippen molar-refractivity contribution in [3.63, 3.8) is 0 Å². The van der Waals surface area contributed by atoms with E-state index >= 15 is 0 Å². The van der Waals surface area contributed by atoms with Crippen LogP contribution in [0.15, 0.2) is 28.0 Å². The Morgan fingerprint density at radius 3 is 2.52 bits per heavy atom. The van der Waals surface area contributed by atoms with Crippen molar-refractivity contribution in [1.82, 2.24) is 4.31 Å². The van der Waals surface area contributed by atoms with E-state index in [1.807, 2.05) is 6.92 Å². The first-order valence-corrected chi connectivity index (χ1v) is 8.50. The third kappa shape index (κ3) is 4.40. The predicted octanol–water partition coefficient (Wildman–Crippen LogP) is 1.71. The van der Waals surface area contributed by atoms with Crippen molar-refractivity contribution in [2.45, 2.75) is 28.4 Å². The molecular formula is C12H18N2O5S2. The highest BCUT2D eigenvalue weighted by atomic mass is 32.2. The van der Waals surface area contributed by atoms with Crippen LogP contribution in [-0.4, -0.2) is 48.7 Å². The second kappa shape index (κ2) is 7.21. The summed E-state index contributed by atoms with van der Waals surface area (Å²) >= 11 is 1.24. The molecule has 0 bridgehead atoms. The Bertz CT molecular complexity index is 616. The molecule has 0 aromatic heterocycles. The van der Waals surface area contributed by atoms with E-state index in [1.54, 1.807) is 0 Å². The van der Waals surface area contributed by atoms with Gasteiger partial charge < -0.3 is 5.11 Å². The Labute approximate surface area is 128 Å². The smallest absolute Gasteiger partial charge is 0.284 e. The van der Waals surface area contributed by atoms with Crippen LogP contribution in [0.1, 0.15) is 13.3 Å². The molecule has 0 saturated carbocycles. The molecule has 1 aromatic carbocycles. The number of sulfonamides is 1. The number of aliphatic hydroxyl groups is 1. The van der Waals surface area contributed by atoms with Crippen LogP contribution in [0.4, 0.5) is 5.69 Å². The van der Waals surface area contributed by atoms with Crippen LogP contribution in [-0.2, 0) is 10.0 Å². The molecule has 0 heterocycles. The molecule has 1 aromatic rings. The van der Waals surface area contributed by atoms with Gasteiger partial charge in [0.1, 0.15) is 0 Å². The lowest BCUT2D eigenvalue weighted by atomic mass is 10.3. The molecule has 0 aliphatic rings. The number of rotatable bonds is 7. The lowest BCUT2D eigenvalue weighted by molar-refractivity contribution is -0.388. The van der Waals surface area contributed by atoms with Crippen LogP contribution < -0.4 is 0 Å². The number of aliphatic hydroxyl groups excluding tert-OH is 1. The van der Waals surface area contributed by atoms with Gasteiger partial charge in [-0.1, -0.05) is 6.92 Å². The van der Waals surface area contributed by atoms with Crippen molar-refractivity contribution in [2.24, 2.45) is 0 Å². The van der Waals surface area contributed by atoms with Crippen molar-refractivity contribution >= 4 is 27.5 Å². The average Bonchev–Trinajstić information content (AvgIpc) is 2.38. The van der Waals surface area contributed by atoms with Gasteiger partial charge in [-0.2, -0.15) is 0 Å². The summed E-state index contributed by atoms with van der Waals surface area (Å²) in [6.45, 7) is 1.84. The summed E-state index contributed by atoms with van der Waals surface area (Å²) in [5, 5.41) is 20.0. The van der Waals surface area contributed by atoms with E-state index in [2.05, 4.69) is 0 Å². The monoisotopic (exact) mass is 334 g/mol. The molecule has 7 nitrogen and oxygen atoms in total. The van der Waals surface area contributed by atoms with Gasteiger partial charge in [-0.15, -0.1) is 11.8 Å². The van der Waals surface area contributed by atoms with Crippen LogP contribution in [0.5, 0.6) is 0 Å². The molecule has 1 rings (SSSR count). The van der Waals surface area contributed by atoms with E-state index in [4.69, 9.17) is 5.11 Å². The Morgan fingerprint density at radius 2 is 2.05 bits per heavy atom. The normalized spacial score (nSPS) is 13.4. The minimum atomic E-state index is -3.71. The Kier molecular flexibility index (Phi) is 6.14. The van der Waals surface area contributed by atoms with E-state index in [9.17, 15) is 18.5 Å². The van der Waals surface area contributed by atoms with Gasteiger partial charge in [0.05, 0.1) is 14.7 Å². The van der Waals surface area contributed by atoms with Crippen molar-refractivity contribution in [3.05, 3.63) is 28.3 Å². The van der Waals surface area contributed by atoms with E-state index in [1.165, 1.54) is 38.0 Å². The summed E-state index contributed by atoms with van der Waals surface area (Å²) in [5.41, 5.74) is -0.243. The first-order valence-electron chi connectivity index (χ1n) is 6.18. The van der Waals surface area contributed by atoms with Crippen LogP contribution >= 0.6 is 11.8 Å². The number of hydrogen-bond acceptors (Lipinski definition) is 6. The summed E-state index contributed by atoms with van der Waals surface area (Å²) in [6.07, 6.45) is 0.500. The maximum Gasteiger partial charge on any atom is 0.284 e. The number of nitro benzene ring substituents is 1. The fourth-order valence-corrected chi connectivity index (χ4v) is 3.55. The maximum absolute atomic E-state index is 12.0. The van der Waals surface area contributed by atoms with Gasteiger partial charge in [0.15, 0.2) is 0 Å². The zero-order valence-corrected chi connectivity index (χ0v) is 13.6. The molecular weight excluding hydrogens is 316 g/mol. The summed E-state index contributed by atoms with van der Waals surface area (Å²) in [7, 11) is -0.972. The predicted molar refractivity (Wildman–Crippen MR) is 81.0 cm³/mol. The van der Waals surface area contributed by atoms with E-state index < -0.39 is 14.9 Å². The fourth-order valence-electron chi connectivity index (χ4n) is 1.57. The minimum absolute atomic E-state index is 0.00490. The third-order valence-electron chi connectivity index (χ3n) is 2.77. The number of nitrogens with zero attached hydrogens (tertiary/aromatic N) is 2. The van der Waals surface area contributed by atoms with Crippen LogP contribution in [0.3, 0.4) is 0 Å². The van der Waals surface area contributed by atoms with Crippen LogP contribution in [0.2, 0.25) is 0 Å². The second-order valence-electron chi connectivity index (χ2n) is 4.61. The van der Waals surface area contributed by atoms with Gasteiger partial charge in [-0.25, -0.2) is 12.7 Å². The van der Waals surface area contributed by atoms with Gasteiger partial charge >= 0.3 is 0 Å². The number of hydrogen-bond donors (Lipinski definition) is 1. The molecule has 0 aliphatic heterocycles. The quantitative estimate of drug-likeness (QED) is 0.463. The van der Waals surface area contributed by atoms with Crippen LogP contribution in [0, 0.1) is 10.1 Å².